The van der Waals surface area contributed by atoms with Gasteiger partial charge < -0.3 is 10.2 Å². The average Bonchev–Trinajstić information content (AvgIpc) is 3.48. The number of aliphatic imine (C=N–C) groups is 1. The minimum absolute atomic E-state index is 0. The summed E-state index contributed by atoms with van der Waals surface area (Å²) in [5, 5.41) is 3.46. The van der Waals surface area contributed by atoms with Crippen LogP contribution >= 0.6 is 24.0 Å². The van der Waals surface area contributed by atoms with Crippen molar-refractivity contribution in [3.8, 4) is 0 Å². The molecular formula is C22H32IN5O2. The number of hydrogen-bond donors (Lipinski definition) is 1. The van der Waals surface area contributed by atoms with Crippen molar-refractivity contribution >= 4 is 41.8 Å². The maximum absolute atomic E-state index is 12.4. The summed E-state index contributed by atoms with van der Waals surface area (Å²) < 4.78 is 0. The van der Waals surface area contributed by atoms with E-state index in [0.717, 1.165) is 38.4 Å². The Morgan fingerprint density at radius 1 is 1.07 bits per heavy atom. The number of amides is 2. The van der Waals surface area contributed by atoms with Crippen molar-refractivity contribution in [3.05, 3.63) is 35.4 Å². The number of halogens is 1. The second kappa shape index (κ2) is 10.6. The molecule has 1 unspecified atom stereocenters. The third-order valence-corrected chi connectivity index (χ3v) is 6.30. The largest absolute Gasteiger partial charge is 0.356 e. The third-order valence-electron chi connectivity index (χ3n) is 6.30. The molecule has 0 bridgehead atoms. The van der Waals surface area contributed by atoms with E-state index in [1.807, 2.05) is 7.05 Å². The van der Waals surface area contributed by atoms with E-state index in [1.165, 1.54) is 37.3 Å². The van der Waals surface area contributed by atoms with Crippen LogP contribution in [0.15, 0.2) is 29.3 Å². The smallest absolute Gasteiger partial charge is 0.261 e. The number of carbonyl (C=O) groups is 2. The number of hydrogen-bond acceptors (Lipinski definition) is 4. The van der Waals surface area contributed by atoms with Crippen LogP contribution in [0.5, 0.6) is 0 Å². The molecule has 30 heavy (non-hydrogen) atoms. The van der Waals surface area contributed by atoms with Crippen LogP contribution < -0.4 is 5.32 Å². The molecule has 2 saturated heterocycles. The fourth-order valence-electron chi connectivity index (χ4n) is 4.71. The summed E-state index contributed by atoms with van der Waals surface area (Å²) in [6, 6.07) is 7.72. The molecular weight excluding hydrogens is 493 g/mol. The molecule has 0 radical (unpaired) electrons. The van der Waals surface area contributed by atoms with Crippen LogP contribution in [0.25, 0.3) is 0 Å². The van der Waals surface area contributed by atoms with Crippen LogP contribution in [0.2, 0.25) is 0 Å². The van der Waals surface area contributed by atoms with Crippen molar-refractivity contribution in [2.45, 2.75) is 38.1 Å². The van der Waals surface area contributed by atoms with Crippen LogP contribution in [-0.2, 0) is 0 Å². The average molecular weight is 525 g/mol. The number of fused-ring (bicyclic) bond motifs is 1. The van der Waals surface area contributed by atoms with Gasteiger partial charge in [-0.15, -0.1) is 24.0 Å². The monoisotopic (exact) mass is 525 g/mol. The lowest BCUT2D eigenvalue weighted by molar-refractivity contribution is 0.0652. The van der Waals surface area contributed by atoms with Crippen LogP contribution in [0.1, 0.15) is 52.8 Å². The Morgan fingerprint density at radius 3 is 2.37 bits per heavy atom. The molecule has 8 heteroatoms. The minimum Gasteiger partial charge on any atom is -0.356 e. The number of nitrogens with zero attached hydrogens (tertiary/aromatic N) is 4. The summed E-state index contributed by atoms with van der Waals surface area (Å²) in [6.07, 6.45) is 5.54. The first-order chi connectivity index (χ1) is 14.2. The van der Waals surface area contributed by atoms with Crippen molar-refractivity contribution < 1.29 is 9.59 Å². The third kappa shape index (κ3) is 4.80. The molecule has 1 aromatic carbocycles. The van der Waals surface area contributed by atoms with E-state index >= 15 is 0 Å². The van der Waals surface area contributed by atoms with Gasteiger partial charge in [0.05, 0.1) is 11.1 Å². The van der Waals surface area contributed by atoms with Crippen LogP contribution in [0.4, 0.5) is 0 Å². The molecule has 3 heterocycles. The molecule has 0 saturated carbocycles. The Labute approximate surface area is 195 Å². The quantitative estimate of drug-likeness (QED) is 0.203. The molecule has 2 fully saturated rings. The first-order valence-corrected chi connectivity index (χ1v) is 10.8. The van der Waals surface area contributed by atoms with Crippen LogP contribution in [0.3, 0.4) is 0 Å². The number of guanidine groups is 1. The van der Waals surface area contributed by atoms with E-state index < -0.39 is 0 Å². The lowest BCUT2D eigenvalue weighted by Gasteiger charge is -2.25. The molecule has 2 amide bonds. The predicted octanol–water partition coefficient (Wildman–Crippen LogP) is 2.43. The first kappa shape index (κ1) is 23.0. The maximum atomic E-state index is 12.4. The summed E-state index contributed by atoms with van der Waals surface area (Å²) in [7, 11) is 1.84. The summed E-state index contributed by atoms with van der Waals surface area (Å²) in [6.45, 7) is 5.84. The first-order valence-electron chi connectivity index (χ1n) is 10.8. The number of imide groups is 1. The van der Waals surface area contributed by atoms with Gasteiger partial charge in [0.15, 0.2) is 5.96 Å². The Balaban J connectivity index is 0.00000256. The number of unbranched alkanes of at least 4 members (excludes halogenated alkanes) is 1. The van der Waals surface area contributed by atoms with Crippen molar-refractivity contribution in [1.29, 1.82) is 0 Å². The number of nitrogens with one attached hydrogen (secondary N) is 1. The number of benzene rings is 1. The van der Waals surface area contributed by atoms with Crippen LogP contribution in [-0.4, -0.2) is 84.8 Å². The molecule has 0 aromatic heterocycles. The zero-order chi connectivity index (χ0) is 20.2. The van der Waals surface area contributed by atoms with Gasteiger partial charge in [-0.25, -0.2) is 0 Å². The lowest BCUT2D eigenvalue weighted by Crippen LogP contribution is -2.43. The minimum atomic E-state index is -0.167. The van der Waals surface area contributed by atoms with Gasteiger partial charge in [-0.1, -0.05) is 12.1 Å². The zero-order valence-corrected chi connectivity index (χ0v) is 20.0. The Hall–Kier alpha value is -1.68. The van der Waals surface area contributed by atoms with E-state index in [-0.39, 0.29) is 35.8 Å². The zero-order valence-electron chi connectivity index (χ0n) is 17.7. The van der Waals surface area contributed by atoms with E-state index in [0.29, 0.717) is 23.7 Å². The van der Waals surface area contributed by atoms with Gasteiger partial charge in [-0.3, -0.25) is 24.4 Å². The second-order valence-electron chi connectivity index (χ2n) is 8.12. The molecule has 1 aromatic rings. The standard InChI is InChI=1S/C22H31N5O2.HI/c1-23-22(26-15-10-17(16-26)25-12-6-7-13-25)24-11-4-5-14-27-20(28)18-8-2-3-9-19(18)21(27)29;/h2-3,8-9,17H,4-7,10-16H2,1H3,(H,23,24);1H. The molecule has 1 atom stereocenters. The normalized spacial score (nSPS) is 21.9. The molecule has 1 N–H and O–H groups in total. The summed E-state index contributed by atoms with van der Waals surface area (Å²) in [5.41, 5.74) is 1.05. The molecule has 164 valence electrons. The van der Waals surface area contributed by atoms with Crippen LogP contribution in [0, 0.1) is 0 Å². The van der Waals surface area contributed by atoms with E-state index in [9.17, 15) is 9.59 Å². The second-order valence-corrected chi connectivity index (χ2v) is 8.12. The Kier molecular flexibility index (Phi) is 8.10. The van der Waals surface area contributed by atoms with Gasteiger partial charge in [0.25, 0.3) is 11.8 Å². The van der Waals surface area contributed by atoms with Gasteiger partial charge in [0, 0.05) is 39.3 Å². The van der Waals surface area contributed by atoms with Gasteiger partial charge in [0.2, 0.25) is 0 Å². The Morgan fingerprint density at radius 2 is 1.73 bits per heavy atom. The Bertz CT molecular complexity index is 758. The molecule has 4 rings (SSSR count). The maximum Gasteiger partial charge on any atom is 0.261 e. The molecule has 3 aliphatic heterocycles. The fourth-order valence-corrected chi connectivity index (χ4v) is 4.71. The number of rotatable bonds is 6. The predicted molar refractivity (Wildman–Crippen MR) is 129 cm³/mol. The van der Waals surface area contributed by atoms with E-state index in [2.05, 4.69) is 20.1 Å². The highest BCUT2D eigenvalue weighted by Gasteiger charge is 2.34. The van der Waals surface area contributed by atoms with Crippen molar-refractivity contribution in [1.82, 2.24) is 20.0 Å². The van der Waals surface area contributed by atoms with E-state index in [1.54, 1.807) is 24.3 Å². The summed E-state index contributed by atoms with van der Waals surface area (Å²) in [5.74, 6) is 0.631. The summed E-state index contributed by atoms with van der Waals surface area (Å²) >= 11 is 0. The fraction of sp³-hybridized carbons (Fsp3) is 0.591. The highest BCUT2D eigenvalue weighted by atomic mass is 127. The highest BCUT2D eigenvalue weighted by molar-refractivity contribution is 14.0. The SMILES string of the molecule is CN=C(NCCCCN1C(=O)c2ccccc2C1=O)N1CCC(N2CCCC2)C1.I. The van der Waals surface area contributed by atoms with E-state index in [4.69, 9.17) is 0 Å². The highest BCUT2D eigenvalue weighted by Crippen LogP contribution is 2.23. The van der Waals surface area contributed by atoms with Crippen molar-refractivity contribution in [2.75, 3.05) is 46.3 Å². The number of likely N-dealkylation sites (tertiary alicyclic amines) is 2. The molecule has 7 nitrogen and oxygen atoms in total. The molecule has 0 spiro atoms. The molecule has 0 aliphatic carbocycles. The lowest BCUT2D eigenvalue weighted by atomic mass is 10.1. The van der Waals surface area contributed by atoms with Gasteiger partial charge in [-0.05, 0) is 57.3 Å². The molecule has 3 aliphatic rings. The number of carbonyl (C=O) groups excluding carboxylic acids is 2. The topological polar surface area (TPSA) is 68.2 Å². The van der Waals surface area contributed by atoms with Crippen molar-refractivity contribution in [2.24, 2.45) is 4.99 Å². The van der Waals surface area contributed by atoms with Gasteiger partial charge in [-0.2, -0.15) is 0 Å². The summed E-state index contributed by atoms with van der Waals surface area (Å²) in [4.78, 5) is 35.6. The van der Waals surface area contributed by atoms with Gasteiger partial charge in [0.1, 0.15) is 0 Å². The van der Waals surface area contributed by atoms with Gasteiger partial charge >= 0.3 is 0 Å². The van der Waals surface area contributed by atoms with Crippen molar-refractivity contribution in [3.63, 3.8) is 0 Å².